The van der Waals surface area contributed by atoms with Crippen LogP contribution >= 0.6 is 11.3 Å². The molecule has 2 rings (SSSR count). The molecule has 0 aliphatic heterocycles. The minimum Gasteiger partial charge on any atom is -0.476 e. The predicted molar refractivity (Wildman–Crippen MR) is 80.0 cm³/mol. The third kappa shape index (κ3) is 4.02. The van der Waals surface area contributed by atoms with E-state index < -0.39 is 21.7 Å². The molecule has 1 saturated carbocycles. The lowest BCUT2D eigenvalue weighted by Gasteiger charge is -2.23. The Kier molecular flexibility index (Phi) is 5.34. The Labute approximate surface area is 128 Å². The fourth-order valence-electron chi connectivity index (χ4n) is 2.77. The third-order valence-corrected chi connectivity index (χ3v) is 6.86. The van der Waals surface area contributed by atoms with E-state index in [1.54, 1.807) is 0 Å². The SMILES string of the molecule is C[C@H](NS(=O)(=O)c1scnc1C(=O)O)C1CCCCCC1. The van der Waals surface area contributed by atoms with Crippen LogP contribution in [0.1, 0.15) is 55.9 Å². The van der Waals surface area contributed by atoms with Gasteiger partial charge in [-0.2, -0.15) is 0 Å². The van der Waals surface area contributed by atoms with Gasteiger partial charge in [-0.3, -0.25) is 0 Å². The molecule has 0 unspecified atom stereocenters. The molecule has 0 aromatic carbocycles. The summed E-state index contributed by atoms with van der Waals surface area (Å²) in [5.41, 5.74) is 0.842. The van der Waals surface area contributed by atoms with Crippen LogP contribution in [-0.2, 0) is 10.0 Å². The number of nitrogens with one attached hydrogen (secondary N) is 1. The highest BCUT2D eigenvalue weighted by molar-refractivity contribution is 7.91. The molecule has 2 N–H and O–H groups in total. The number of sulfonamides is 1. The highest BCUT2D eigenvalue weighted by Crippen LogP contribution is 2.27. The zero-order chi connectivity index (χ0) is 15.5. The fourth-order valence-corrected chi connectivity index (χ4v) is 5.24. The van der Waals surface area contributed by atoms with Crippen molar-refractivity contribution in [2.75, 3.05) is 0 Å². The van der Waals surface area contributed by atoms with Gasteiger partial charge in [-0.05, 0) is 25.7 Å². The van der Waals surface area contributed by atoms with Gasteiger partial charge in [-0.25, -0.2) is 22.9 Å². The Morgan fingerprint density at radius 3 is 2.57 bits per heavy atom. The number of carboxylic acid groups (broad SMARTS) is 1. The lowest BCUT2D eigenvalue weighted by molar-refractivity contribution is 0.0687. The predicted octanol–water partition coefficient (Wildman–Crippen LogP) is 2.48. The van der Waals surface area contributed by atoms with Crippen LogP contribution in [0.5, 0.6) is 0 Å². The van der Waals surface area contributed by atoms with Crippen molar-refractivity contribution in [3.05, 3.63) is 11.2 Å². The molecule has 21 heavy (non-hydrogen) atoms. The van der Waals surface area contributed by atoms with Crippen LogP contribution in [0.15, 0.2) is 9.72 Å². The average molecular weight is 332 g/mol. The van der Waals surface area contributed by atoms with Gasteiger partial charge in [0.05, 0.1) is 5.51 Å². The number of aromatic nitrogens is 1. The molecule has 0 spiro atoms. The van der Waals surface area contributed by atoms with Crippen molar-refractivity contribution in [2.24, 2.45) is 5.92 Å². The van der Waals surface area contributed by atoms with Crippen molar-refractivity contribution in [3.63, 3.8) is 0 Å². The second kappa shape index (κ2) is 6.85. The normalized spacial score (nSPS) is 19.1. The number of carboxylic acids is 1. The summed E-state index contributed by atoms with van der Waals surface area (Å²) in [4.78, 5) is 14.6. The number of aromatic carboxylic acids is 1. The van der Waals surface area contributed by atoms with Crippen molar-refractivity contribution < 1.29 is 18.3 Å². The Hall–Kier alpha value is -0.990. The molecule has 1 fully saturated rings. The van der Waals surface area contributed by atoms with Crippen LogP contribution in [0, 0.1) is 5.92 Å². The van der Waals surface area contributed by atoms with Crippen LogP contribution in [0.4, 0.5) is 0 Å². The van der Waals surface area contributed by atoms with Crippen molar-refractivity contribution in [3.8, 4) is 0 Å². The van der Waals surface area contributed by atoms with Gasteiger partial charge in [0.2, 0.25) is 0 Å². The number of rotatable bonds is 5. The monoisotopic (exact) mass is 332 g/mol. The molecule has 1 aromatic heterocycles. The summed E-state index contributed by atoms with van der Waals surface area (Å²) >= 11 is 0.835. The van der Waals surface area contributed by atoms with Crippen molar-refractivity contribution in [1.82, 2.24) is 9.71 Å². The molecular weight excluding hydrogens is 312 g/mol. The molecular formula is C13H20N2O4S2. The summed E-state index contributed by atoms with van der Waals surface area (Å²) in [6.45, 7) is 1.86. The number of hydrogen-bond acceptors (Lipinski definition) is 5. The second-order valence-corrected chi connectivity index (χ2v) is 8.22. The zero-order valence-electron chi connectivity index (χ0n) is 11.9. The summed E-state index contributed by atoms with van der Waals surface area (Å²) in [5, 5.41) is 8.99. The molecule has 1 aliphatic carbocycles. The van der Waals surface area contributed by atoms with Gasteiger partial charge in [-0.1, -0.05) is 25.7 Å². The first-order valence-corrected chi connectivity index (χ1v) is 9.47. The molecule has 0 amide bonds. The first-order valence-electron chi connectivity index (χ1n) is 7.11. The number of hydrogen-bond donors (Lipinski definition) is 2. The van der Waals surface area contributed by atoms with E-state index in [0.29, 0.717) is 5.92 Å². The lowest BCUT2D eigenvalue weighted by atomic mass is 9.94. The Balaban J connectivity index is 2.12. The number of carbonyl (C=O) groups is 1. The highest BCUT2D eigenvalue weighted by Gasteiger charge is 2.29. The molecule has 1 atom stereocenters. The fraction of sp³-hybridized carbons (Fsp3) is 0.692. The van der Waals surface area contributed by atoms with E-state index in [-0.39, 0.29) is 10.3 Å². The van der Waals surface area contributed by atoms with Gasteiger partial charge >= 0.3 is 5.97 Å². The maximum atomic E-state index is 12.4. The molecule has 0 radical (unpaired) electrons. The van der Waals surface area contributed by atoms with Gasteiger partial charge in [0.15, 0.2) is 9.90 Å². The van der Waals surface area contributed by atoms with Gasteiger partial charge in [0.1, 0.15) is 0 Å². The summed E-state index contributed by atoms with van der Waals surface area (Å²) in [6, 6.07) is -0.197. The molecule has 1 aromatic rings. The Morgan fingerprint density at radius 1 is 1.38 bits per heavy atom. The van der Waals surface area contributed by atoms with Crippen molar-refractivity contribution in [1.29, 1.82) is 0 Å². The lowest BCUT2D eigenvalue weighted by Crippen LogP contribution is -2.38. The Morgan fingerprint density at radius 2 is 2.00 bits per heavy atom. The second-order valence-electron chi connectivity index (χ2n) is 5.46. The minimum atomic E-state index is -3.83. The maximum absolute atomic E-state index is 12.4. The highest BCUT2D eigenvalue weighted by atomic mass is 32.2. The maximum Gasteiger partial charge on any atom is 0.356 e. The zero-order valence-corrected chi connectivity index (χ0v) is 13.5. The first-order chi connectivity index (χ1) is 9.92. The van der Waals surface area contributed by atoms with Gasteiger partial charge in [0, 0.05) is 6.04 Å². The third-order valence-electron chi connectivity index (χ3n) is 3.93. The van der Waals surface area contributed by atoms with Crippen LogP contribution in [0.2, 0.25) is 0 Å². The molecule has 6 nitrogen and oxygen atoms in total. The topological polar surface area (TPSA) is 96.4 Å². The van der Waals surface area contributed by atoms with Gasteiger partial charge in [0.25, 0.3) is 10.0 Å². The first kappa shape index (κ1) is 16.4. The van der Waals surface area contributed by atoms with E-state index in [1.807, 2.05) is 6.92 Å². The molecule has 8 heteroatoms. The molecule has 0 bridgehead atoms. The van der Waals surface area contributed by atoms with Gasteiger partial charge in [-0.15, -0.1) is 11.3 Å². The van der Waals surface area contributed by atoms with Crippen molar-refractivity contribution in [2.45, 2.75) is 55.7 Å². The number of thiazole rings is 1. The summed E-state index contributed by atoms with van der Waals surface area (Å²) in [7, 11) is -3.83. The smallest absolute Gasteiger partial charge is 0.356 e. The quantitative estimate of drug-likeness (QED) is 0.808. The van der Waals surface area contributed by atoms with Crippen LogP contribution < -0.4 is 4.72 Å². The Bertz CT molecular complexity index is 589. The van der Waals surface area contributed by atoms with Crippen LogP contribution in [0.25, 0.3) is 0 Å². The molecule has 1 heterocycles. The average Bonchev–Trinajstić information content (AvgIpc) is 2.75. The van der Waals surface area contributed by atoms with Crippen molar-refractivity contribution >= 4 is 27.3 Å². The van der Waals surface area contributed by atoms with E-state index in [0.717, 1.165) is 37.0 Å². The van der Waals surface area contributed by atoms with E-state index in [4.69, 9.17) is 5.11 Å². The largest absolute Gasteiger partial charge is 0.476 e. The molecule has 118 valence electrons. The van der Waals surface area contributed by atoms with Crippen LogP contribution in [-0.4, -0.2) is 30.5 Å². The number of nitrogens with zero attached hydrogens (tertiary/aromatic N) is 1. The van der Waals surface area contributed by atoms with Gasteiger partial charge < -0.3 is 5.11 Å². The summed E-state index contributed by atoms with van der Waals surface area (Å²) in [5.74, 6) is -1.01. The van der Waals surface area contributed by atoms with E-state index in [2.05, 4.69) is 9.71 Å². The summed E-state index contributed by atoms with van der Waals surface area (Å²) < 4.78 is 27.1. The molecule has 0 saturated heterocycles. The molecule has 1 aliphatic rings. The van der Waals surface area contributed by atoms with Crippen LogP contribution in [0.3, 0.4) is 0 Å². The van der Waals surface area contributed by atoms with E-state index in [1.165, 1.54) is 18.4 Å². The van der Waals surface area contributed by atoms with E-state index in [9.17, 15) is 13.2 Å². The summed E-state index contributed by atoms with van der Waals surface area (Å²) in [6.07, 6.45) is 6.67. The van der Waals surface area contributed by atoms with E-state index >= 15 is 0 Å². The minimum absolute atomic E-state index is 0.197. The standard InChI is InChI=1S/C13H20N2O4S2/c1-9(10-6-4-2-3-5-7-10)15-21(18,19)13-11(12(16)17)14-8-20-13/h8-10,15H,2-7H2,1H3,(H,16,17)/t9-/m0/s1.